The third kappa shape index (κ3) is 9.47. The van der Waals surface area contributed by atoms with E-state index in [1.165, 1.54) is 0 Å². The highest BCUT2D eigenvalue weighted by Crippen LogP contribution is 1.94. The molecule has 6 heteroatoms. The third-order valence-electron chi connectivity index (χ3n) is 1.58. The molecule has 2 N–H and O–H groups in total. The standard InChI is InChI=1S/C8H17NO4S/c1-14(12,13)7-2-4-8(11)9-5-3-6-10/h10H,2-7H2,1H3,(H,9,11). The molecule has 1 amide bonds. The van der Waals surface area contributed by atoms with Crippen molar-refractivity contribution in [3.8, 4) is 0 Å². The van der Waals surface area contributed by atoms with E-state index < -0.39 is 9.84 Å². The molecule has 0 rings (SSSR count). The Bertz CT molecular complexity index is 261. The number of amides is 1. The molecule has 84 valence electrons. The summed E-state index contributed by atoms with van der Waals surface area (Å²) < 4.78 is 21.4. The summed E-state index contributed by atoms with van der Waals surface area (Å²) in [5.41, 5.74) is 0. The van der Waals surface area contributed by atoms with Crippen molar-refractivity contribution in [2.24, 2.45) is 0 Å². The Morgan fingerprint density at radius 3 is 2.50 bits per heavy atom. The maximum atomic E-state index is 11.0. The van der Waals surface area contributed by atoms with Gasteiger partial charge in [0.05, 0.1) is 5.75 Å². The smallest absolute Gasteiger partial charge is 0.220 e. The molecule has 0 fully saturated rings. The predicted molar refractivity (Wildman–Crippen MR) is 53.7 cm³/mol. The van der Waals surface area contributed by atoms with Crippen LogP contribution in [0.2, 0.25) is 0 Å². The summed E-state index contributed by atoms with van der Waals surface area (Å²) in [7, 11) is -2.96. The fourth-order valence-electron chi connectivity index (χ4n) is 0.890. The number of hydrogen-bond donors (Lipinski definition) is 2. The summed E-state index contributed by atoms with van der Waals surface area (Å²) in [6.45, 7) is 0.484. The minimum absolute atomic E-state index is 0.0421. The van der Waals surface area contributed by atoms with E-state index in [9.17, 15) is 13.2 Å². The van der Waals surface area contributed by atoms with Gasteiger partial charge in [-0.3, -0.25) is 4.79 Å². The summed E-state index contributed by atoms with van der Waals surface area (Å²) in [5, 5.41) is 11.0. The fourth-order valence-corrected chi connectivity index (χ4v) is 1.56. The van der Waals surface area contributed by atoms with Crippen LogP contribution in [0.3, 0.4) is 0 Å². The van der Waals surface area contributed by atoms with Gasteiger partial charge in [-0.25, -0.2) is 8.42 Å². The normalized spacial score (nSPS) is 11.3. The molecule has 0 aliphatic carbocycles. The lowest BCUT2D eigenvalue weighted by molar-refractivity contribution is -0.121. The second-order valence-corrected chi connectivity index (χ2v) is 5.42. The van der Waals surface area contributed by atoms with E-state index in [1.807, 2.05) is 0 Å². The quantitative estimate of drug-likeness (QED) is 0.560. The Balaban J connectivity index is 3.45. The van der Waals surface area contributed by atoms with Gasteiger partial charge in [-0.1, -0.05) is 0 Å². The molecule has 0 atom stereocenters. The average molecular weight is 223 g/mol. The summed E-state index contributed by atoms with van der Waals surface area (Å²) in [6, 6.07) is 0. The molecule has 0 spiro atoms. The maximum Gasteiger partial charge on any atom is 0.220 e. The predicted octanol–water partition coefficient (Wildman–Crippen LogP) is -0.690. The van der Waals surface area contributed by atoms with E-state index in [1.54, 1.807) is 0 Å². The number of carbonyl (C=O) groups is 1. The number of aliphatic hydroxyl groups excluding tert-OH is 1. The number of nitrogens with one attached hydrogen (secondary N) is 1. The molecule has 0 unspecified atom stereocenters. The van der Waals surface area contributed by atoms with Crippen molar-refractivity contribution in [2.45, 2.75) is 19.3 Å². The molecular formula is C8H17NO4S. The first-order chi connectivity index (χ1) is 6.45. The average Bonchev–Trinajstić information content (AvgIpc) is 2.02. The minimum Gasteiger partial charge on any atom is -0.396 e. The molecule has 0 aromatic heterocycles. The van der Waals surface area contributed by atoms with Crippen LogP contribution in [0.5, 0.6) is 0 Å². The van der Waals surface area contributed by atoms with E-state index in [-0.39, 0.29) is 24.7 Å². The van der Waals surface area contributed by atoms with Crippen molar-refractivity contribution >= 4 is 15.7 Å². The highest BCUT2D eigenvalue weighted by atomic mass is 32.2. The molecule has 0 heterocycles. The zero-order valence-electron chi connectivity index (χ0n) is 8.32. The van der Waals surface area contributed by atoms with Crippen molar-refractivity contribution in [3.05, 3.63) is 0 Å². The second kappa shape index (κ2) is 6.78. The van der Waals surface area contributed by atoms with E-state index in [2.05, 4.69) is 5.32 Å². The Morgan fingerprint density at radius 2 is 2.00 bits per heavy atom. The van der Waals surface area contributed by atoms with Gasteiger partial charge in [-0.05, 0) is 12.8 Å². The zero-order chi connectivity index (χ0) is 11.0. The van der Waals surface area contributed by atoms with E-state index in [4.69, 9.17) is 5.11 Å². The highest BCUT2D eigenvalue weighted by Gasteiger charge is 2.05. The minimum atomic E-state index is -2.96. The van der Waals surface area contributed by atoms with Gasteiger partial charge in [0, 0.05) is 25.8 Å². The summed E-state index contributed by atoms with van der Waals surface area (Å²) in [4.78, 5) is 11.0. The lowest BCUT2D eigenvalue weighted by atomic mass is 10.3. The van der Waals surface area contributed by atoms with Crippen LogP contribution < -0.4 is 5.32 Å². The lowest BCUT2D eigenvalue weighted by Gasteiger charge is -2.02. The van der Waals surface area contributed by atoms with Gasteiger partial charge in [0.15, 0.2) is 0 Å². The molecule has 0 aromatic carbocycles. The molecule has 0 aromatic rings. The van der Waals surface area contributed by atoms with Crippen molar-refractivity contribution < 1.29 is 18.3 Å². The van der Waals surface area contributed by atoms with Gasteiger partial charge in [-0.15, -0.1) is 0 Å². The number of aliphatic hydroxyl groups is 1. The van der Waals surface area contributed by atoms with E-state index in [0.29, 0.717) is 19.4 Å². The van der Waals surface area contributed by atoms with E-state index >= 15 is 0 Å². The summed E-state index contributed by atoms with van der Waals surface area (Å²) in [5.74, 6) is -0.123. The van der Waals surface area contributed by atoms with Crippen LogP contribution in [-0.2, 0) is 14.6 Å². The first kappa shape index (κ1) is 13.4. The third-order valence-corrected chi connectivity index (χ3v) is 2.61. The SMILES string of the molecule is CS(=O)(=O)CCCC(=O)NCCCO. The lowest BCUT2D eigenvalue weighted by Crippen LogP contribution is -2.25. The molecular weight excluding hydrogens is 206 g/mol. The molecule has 0 bridgehead atoms. The van der Waals surface area contributed by atoms with Crippen molar-refractivity contribution in [3.63, 3.8) is 0 Å². The molecule has 0 saturated carbocycles. The van der Waals surface area contributed by atoms with Gasteiger partial charge >= 0.3 is 0 Å². The number of hydrogen-bond acceptors (Lipinski definition) is 4. The van der Waals surface area contributed by atoms with Gasteiger partial charge in [0.25, 0.3) is 0 Å². The van der Waals surface area contributed by atoms with Crippen LogP contribution in [0.25, 0.3) is 0 Å². The van der Waals surface area contributed by atoms with Crippen LogP contribution >= 0.6 is 0 Å². The first-order valence-electron chi connectivity index (χ1n) is 4.51. The van der Waals surface area contributed by atoms with Gasteiger partial charge in [-0.2, -0.15) is 0 Å². The van der Waals surface area contributed by atoms with Crippen LogP contribution in [-0.4, -0.2) is 44.6 Å². The van der Waals surface area contributed by atoms with Crippen LogP contribution in [0.1, 0.15) is 19.3 Å². The van der Waals surface area contributed by atoms with Gasteiger partial charge in [0.1, 0.15) is 9.84 Å². The Hall–Kier alpha value is -0.620. The topological polar surface area (TPSA) is 83.5 Å². The number of rotatable bonds is 7. The van der Waals surface area contributed by atoms with Gasteiger partial charge < -0.3 is 10.4 Å². The molecule has 0 radical (unpaired) electrons. The number of carbonyl (C=O) groups excluding carboxylic acids is 1. The molecule has 0 saturated heterocycles. The Labute approximate surface area is 84.4 Å². The number of sulfone groups is 1. The molecule has 0 aliphatic heterocycles. The van der Waals surface area contributed by atoms with Crippen LogP contribution in [0.4, 0.5) is 0 Å². The molecule has 5 nitrogen and oxygen atoms in total. The van der Waals surface area contributed by atoms with Crippen LogP contribution in [0, 0.1) is 0 Å². The van der Waals surface area contributed by atoms with Crippen molar-refractivity contribution in [1.29, 1.82) is 0 Å². The van der Waals surface area contributed by atoms with Gasteiger partial charge in [0.2, 0.25) is 5.91 Å². The largest absolute Gasteiger partial charge is 0.396 e. The summed E-state index contributed by atoms with van der Waals surface area (Å²) in [6.07, 6.45) is 2.25. The monoisotopic (exact) mass is 223 g/mol. The molecule has 14 heavy (non-hydrogen) atoms. The Morgan fingerprint density at radius 1 is 1.36 bits per heavy atom. The second-order valence-electron chi connectivity index (χ2n) is 3.16. The Kier molecular flexibility index (Phi) is 6.48. The zero-order valence-corrected chi connectivity index (χ0v) is 9.14. The first-order valence-corrected chi connectivity index (χ1v) is 6.57. The summed E-state index contributed by atoms with van der Waals surface area (Å²) >= 11 is 0. The van der Waals surface area contributed by atoms with E-state index in [0.717, 1.165) is 6.26 Å². The fraction of sp³-hybridized carbons (Fsp3) is 0.875. The maximum absolute atomic E-state index is 11.0. The molecule has 0 aliphatic rings. The van der Waals surface area contributed by atoms with Crippen LogP contribution in [0.15, 0.2) is 0 Å². The highest BCUT2D eigenvalue weighted by molar-refractivity contribution is 7.90. The van der Waals surface area contributed by atoms with Crippen molar-refractivity contribution in [1.82, 2.24) is 5.32 Å². The van der Waals surface area contributed by atoms with Crippen molar-refractivity contribution in [2.75, 3.05) is 25.2 Å².